The molecule has 4 heterocycles. The van der Waals surface area contributed by atoms with E-state index in [1.165, 1.54) is 6.33 Å². The van der Waals surface area contributed by atoms with E-state index in [1.54, 1.807) is 0 Å². The number of pyridine rings is 2. The molecule has 5 rings (SSSR count). The molecule has 0 amide bonds. The molecule has 0 radical (unpaired) electrons. The van der Waals surface area contributed by atoms with Crippen molar-refractivity contribution in [1.29, 1.82) is 0 Å². The summed E-state index contributed by atoms with van der Waals surface area (Å²) in [5.41, 5.74) is 11.6. The number of nitrogens with one attached hydrogen (secondary N) is 1. The minimum atomic E-state index is -0.0223. The second-order valence-corrected chi connectivity index (χ2v) is 8.28. The Morgan fingerprint density at radius 3 is 2.77 bits per heavy atom. The third-order valence-corrected chi connectivity index (χ3v) is 6.17. The summed E-state index contributed by atoms with van der Waals surface area (Å²) < 4.78 is 6.85. The van der Waals surface area contributed by atoms with Gasteiger partial charge < -0.3 is 15.8 Å². The lowest BCUT2D eigenvalue weighted by molar-refractivity contribution is 0.0250. The van der Waals surface area contributed by atoms with Crippen LogP contribution in [-0.4, -0.2) is 39.6 Å². The Labute approximate surface area is 188 Å². The maximum Gasteiger partial charge on any atom is 0.165 e. The molecule has 8 heteroatoms. The third-order valence-electron chi connectivity index (χ3n) is 5.39. The molecular formula is C23H21BrN6O. The van der Waals surface area contributed by atoms with Crippen molar-refractivity contribution in [2.24, 2.45) is 0 Å². The van der Waals surface area contributed by atoms with Gasteiger partial charge in [0.2, 0.25) is 0 Å². The number of fused-ring (bicyclic) bond motifs is 1. The Hall–Kier alpha value is -2.94. The zero-order chi connectivity index (χ0) is 21.2. The number of rotatable bonds is 4. The number of aromatic nitrogens is 4. The quantitative estimate of drug-likeness (QED) is 0.463. The van der Waals surface area contributed by atoms with Crippen molar-refractivity contribution >= 4 is 32.8 Å². The third kappa shape index (κ3) is 4.14. The van der Waals surface area contributed by atoms with Crippen LogP contribution in [0.3, 0.4) is 0 Å². The summed E-state index contributed by atoms with van der Waals surface area (Å²) in [7, 11) is 0. The molecule has 3 N–H and O–H groups in total. The summed E-state index contributed by atoms with van der Waals surface area (Å²) in [6.07, 6.45) is 3.95. The molecule has 4 aromatic rings. The molecule has 7 nitrogen and oxygen atoms in total. The molecule has 1 aliphatic heterocycles. The number of nitrogen functional groups attached to an aromatic ring is 1. The lowest BCUT2D eigenvalue weighted by Gasteiger charge is -2.23. The number of ether oxygens (including phenoxy) is 1. The number of nitrogens with two attached hydrogens (primary N) is 1. The first-order valence-corrected chi connectivity index (χ1v) is 10.9. The summed E-state index contributed by atoms with van der Waals surface area (Å²) in [6, 6.07) is 14.2. The van der Waals surface area contributed by atoms with Crippen LogP contribution >= 0.6 is 15.9 Å². The Kier molecular flexibility index (Phi) is 5.59. The number of benzene rings is 1. The fourth-order valence-electron chi connectivity index (χ4n) is 3.80. The zero-order valence-electron chi connectivity index (χ0n) is 16.8. The topological polar surface area (TPSA) is 98.8 Å². The van der Waals surface area contributed by atoms with E-state index in [-0.39, 0.29) is 6.10 Å². The SMILES string of the molecule is Nc1ncnc2nc(-c3ccc(C4CNCCO4)nc3)cc(Cc3ccccc3Br)c12. The summed E-state index contributed by atoms with van der Waals surface area (Å²) >= 11 is 3.64. The maximum absolute atomic E-state index is 6.20. The largest absolute Gasteiger partial charge is 0.383 e. The number of nitrogens with zero attached hydrogens (tertiary/aromatic N) is 4. The maximum atomic E-state index is 6.20. The first-order chi connectivity index (χ1) is 15.2. The molecule has 1 atom stereocenters. The van der Waals surface area contributed by atoms with Gasteiger partial charge in [-0.1, -0.05) is 34.1 Å². The lowest BCUT2D eigenvalue weighted by atomic mass is 10.00. The van der Waals surface area contributed by atoms with E-state index in [4.69, 9.17) is 15.5 Å². The number of morpholine rings is 1. The minimum Gasteiger partial charge on any atom is -0.383 e. The Balaban J connectivity index is 1.55. The van der Waals surface area contributed by atoms with Gasteiger partial charge in [0.05, 0.1) is 23.4 Å². The van der Waals surface area contributed by atoms with E-state index in [0.717, 1.165) is 51.0 Å². The van der Waals surface area contributed by atoms with Crippen molar-refractivity contribution in [2.75, 3.05) is 25.4 Å². The van der Waals surface area contributed by atoms with Gasteiger partial charge in [0, 0.05) is 29.3 Å². The van der Waals surface area contributed by atoms with Crippen molar-refractivity contribution in [3.05, 3.63) is 76.3 Å². The highest BCUT2D eigenvalue weighted by atomic mass is 79.9. The molecule has 1 saturated heterocycles. The van der Waals surface area contributed by atoms with Gasteiger partial charge in [-0.05, 0) is 41.8 Å². The van der Waals surface area contributed by atoms with Gasteiger partial charge in [-0.25, -0.2) is 15.0 Å². The van der Waals surface area contributed by atoms with E-state index in [9.17, 15) is 0 Å². The highest BCUT2D eigenvalue weighted by Crippen LogP contribution is 2.30. The smallest absolute Gasteiger partial charge is 0.165 e. The predicted octanol–water partition coefficient (Wildman–Crippen LogP) is 3.68. The minimum absolute atomic E-state index is 0.0223. The van der Waals surface area contributed by atoms with Crippen LogP contribution in [0.2, 0.25) is 0 Å². The van der Waals surface area contributed by atoms with Crippen LogP contribution in [0, 0.1) is 0 Å². The van der Waals surface area contributed by atoms with Crippen molar-refractivity contribution in [3.8, 4) is 11.3 Å². The molecule has 31 heavy (non-hydrogen) atoms. The van der Waals surface area contributed by atoms with E-state index in [1.807, 2.05) is 36.5 Å². The van der Waals surface area contributed by atoms with Crippen molar-refractivity contribution in [1.82, 2.24) is 25.3 Å². The fourth-order valence-corrected chi connectivity index (χ4v) is 4.23. The van der Waals surface area contributed by atoms with Gasteiger partial charge in [-0.2, -0.15) is 0 Å². The molecule has 1 aliphatic rings. The number of anilines is 1. The second kappa shape index (κ2) is 8.66. The van der Waals surface area contributed by atoms with E-state index >= 15 is 0 Å². The van der Waals surface area contributed by atoms with E-state index < -0.39 is 0 Å². The highest BCUT2D eigenvalue weighted by molar-refractivity contribution is 9.10. The van der Waals surface area contributed by atoms with Crippen LogP contribution < -0.4 is 11.1 Å². The number of hydrogen-bond donors (Lipinski definition) is 2. The summed E-state index contributed by atoms with van der Waals surface area (Å²) in [4.78, 5) is 17.9. The van der Waals surface area contributed by atoms with Crippen LogP contribution in [0.4, 0.5) is 5.82 Å². The van der Waals surface area contributed by atoms with Gasteiger partial charge in [-0.15, -0.1) is 0 Å². The Morgan fingerprint density at radius 1 is 1.10 bits per heavy atom. The van der Waals surface area contributed by atoms with E-state index in [0.29, 0.717) is 24.5 Å². The van der Waals surface area contributed by atoms with Gasteiger partial charge >= 0.3 is 0 Å². The Morgan fingerprint density at radius 2 is 2.00 bits per heavy atom. The Bertz CT molecular complexity index is 1220. The van der Waals surface area contributed by atoms with E-state index in [2.05, 4.69) is 48.3 Å². The molecular weight excluding hydrogens is 456 g/mol. The van der Waals surface area contributed by atoms with Crippen LogP contribution in [0.15, 0.2) is 59.5 Å². The van der Waals surface area contributed by atoms with Gasteiger partial charge in [0.25, 0.3) is 0 Å². The van der Waals surface area contributed by atoms with Crippen LogP contribution in [-0.2, 0) is 11.2 Å². The zero-order valence-corrected chi connectivity index (χ0v) is 18.3. The fraction of sp³-hybridized carbons (Fsp3) is 0.217. The van der Waals surface area contributed by atoms with Gasteiger partial charge in [0.15, 0.2) is 5.65 Å². The van der Waals surface area contributed by atoms with Crippen LogP contribution in [0.25, 0.3) is 22.3 Å². The van der Waals surface area contributed by atoms with Gasteiger partial charge in [-0.3, -0.25) is 4.98 Å². The lowest BCUT2D eigenvalue weighted by Crippen LogP contribution is -2.33. The van der Waals surface area contributed by atoms with Crippen molar-refractivity contribution in [2.45, 2.75) is 12.5 Å². The molecule has 3 aromatic heterocycles. The van der Waals surface area contributed by atoms with Gasteiger partial charge in [0.1, 0.15) is 18.2 Å². The summed E-state index contributed by atoms with van der Waals surface area (Å²) in [6.45, 7) is 2.34. The number of halogens is 1. The normalized spacial score (nSPS) is 16.5. The van der Waals surface area contributed by atoms with Crippen LogP contribution in [0.5, 0.6) is 0 Å². The van der Waals surface area contributed by atoms with Crippen molar-refractivity contribution in [3.63, 3.8) is 0 Å². The molecule has 1 aromatic carbocycles. The van der Waals surface area contributed by atoms with Crippen LogP contribution in [0.1, 0.15) is 22.9 Å². The summed E-state index contributed by atoms with van der Waals surface area (Å²) in [5, 5.41) is 4.12. The standard InChI is InChI=1S/C23H21BrN6O/c24-17-4-2-1-3-14(17)9-16-10-19(30-23-21(16)22(25)28-13-29-23)15-5-6-18(27-11-15)20-12-26-7-8-31-20/h1-6,10-11,13,20,26H,7-9,12H2,(H2,25,28,29,30). The highest BCUT2D eigenvalue weighted by Gasteiger charge is 2.18. The molecule has 0 aliphatic carbocycles. The average molecular weight is 477 g/mol. The van der Waals surface area contributed by atoms with Crippen molar-refractivity contribution < 1.29 is 4.74 Å². The molecule has 1 fully saturated rings. The average Bonchev–Trinajstić information content (AvgIpc) is 2.81. The molecule has 0 spiro atoms. The monoisotopic (exact) mass is 476 g/mol. The summed E-state index contributed by atoms with van der Waals surface area (Å²) in [5.74, 6) is 0.432. The second-order valence-electron chi connectivity index (χ2n) is 7.43. The first-order valence-electron chi connectivity index (χ1n) is 10.1. The molecule has 156 valence electrons. The predicted molar refractivity (Wildman–Crippen MR) is 123 cm³/mol. The molecule has 0 bridgehead atoms. The molecule has 1 unspecified atom stereocenters. The molecule has 0 saturated carbocycles. The first kappa shape index (κ1) is 20.0. The number of hydrogen-bond acceptors (Lipinski definition) is 7.